The van der Waals surface area contributed by atoms with Gasteiger partial charge in [-0.15, -0.1) is 0 Å². The standard InChI is InChI=1S/C20H23NO2/c1-21-13-12-18(19(14-21)20(22)23-2)17-10-8-16(9-11-17)15-6-4-3-5-7-15/h3-11,18-19H,12-14H2,1-2H3/t18-,19?/m1/s1. The van der Waals surface area contributed by atoms with Crippen LogP contribution in [0.15, 0.2) is 54.6 Å². The molecule has 1 unspecified atom stereocenters. The van der Waals surface area contributed by atoms with Crippen molar-refractivity contribution >= 4 is 5.97 Å². The Morgan fingerprint density at radius 2 is 1.70 bits per heavy atom. The summed E-state index contributed by atoms with van der Waals surface area (Å²) in [4.78, 5) is 14.3. The zero-order valence-corrected chi connectivity index (χ0v) is 13.7. The zero-order valence-electron chi connectivity index (χ0n) is 13.7. The van der Waals surface area contributed by atoms with E-state index in [1.165, 1.54) is 23.8 Å². The molecule has 1 fully saturated rings. The molecule has 0 bridgehead atoms. The molecule has 3 heteroatoms. The van der Waals surface area contributed by atoms with Crippen LogP contribution in [-0.4, -0.2) is 38.1 Å². The van der Waals surface area contributed by atoms with Crippen molar-refractivity contribution in [1.82, 2.24) is 4.90 Å². The first-order valence-electron chi connectivity index (χ1n) is 8.11. The van der Waals surface area contributed by atoms with Crippen LogP contribution in [0.25, 0.3) is 11.1 Å². The molecule has 0 amide bonds. The van der Waals surface area contributed by atoms with Crippen molar-refractivity contribution in [2.75, 3.05) is 27.2 Å². The van der Waals surface area contributed by atoms with Crippen LogP contribution in [0.4, 0.5) is 0 Å². The van der Waals surface area contributed by atoms with E-state index in [1.54, 1.807) is 0 Å². The lowest BCUT2D eigenvalue weighted by Gasteiger charge is -2.35. The summed E-state index contributed by atoms with van der Waals surface area (Å²) < 4.78 is 5.02. The number of hydrogen-bond acceptors (Lipinski definition) is 3. The molecular formula is C20H23NO2. The van der Waals surface area contributed by atoms with Gasteiger partial charge in [0.1, 0.15) is 0 Å². The maximum absolute atomic E-state index is 12.1. The van der Waals surface area contributed by atoms with E-state index in [-0.39, 0.29) is 17.8 Å². The van der Waals surface area contributed by atoms with Gasteiger partial charge in [0.05, 0.1) is 13.0 Å². The lowest BCUT2D eigenvalue weighted by atomic mass is 9.80. The number of carbonyl (C=O) groups excluding carboxylic acids is 1. The fraction of sp³-hybridized carbons (Fsp3) is 0.350. The van der Waals surface area contributed by atoms with Crippen LogP contribution in [0.3, 0.4) is 0 Å². The van der Waals surface area contributed by atoms with Crippen LogP contribution in [0, 0.1) is 5.92 Å². The van der Waals surface area contributed by atoms with Gasteiger partial charge < -0.3 is 9.64 Å². The van der Waals surface area contributed by atoms with Gasteiger partial charge in [-0.2, -0.15) is 0 Å². The number of hydrogen-bond donors (Lipinski definition) is 0. The molecule has 0 aromatic heterocycles. The second kappa shape index (κ2) is 6.97. The van der Waals surface area contributed by atoms with E-state index in [1.807, 2.05) is 18.2 Å². The first kappa shape index (κ1) is 15.8. The molecule has 2 aromatic rings. The van der Waals surface area contributed by atoms with Gasteiger partial charge in [-0.25, -0.2) is 0 Å². The van der Waals surface area contributed by atoms with Crippen molar-refractivity contribution in [3.63, 3.8) is 0 Å². The lowest BCUT2D eigenvalue weighted by molar-refractivity contribution is -0.148. The molecule has 2 atom stereocenters. The maximum atomic E-state index is 12.1. The molecule has 3 nitrogen and oxygen atoms in total. The Kier molecular flexibility index (Phi) is 4.77. The van der Waals surface area contributed by atoms with Gasteiger partial charge in [-0.1, -0.05) is 54.6 Å². The molecule has 0 radical (unpaired) electrons. The average molecular weight is 309 g/mol. The Bertz CT molecular complexity index is 651. The summed E-state index contributed by atoms with van der Waals surface area (Å²) in [5.41, 5.74) is 3.65. The van der Waals surface area contributed by atoms with E-state index in [9.17, 15) is 4.79 Å². The number of ether oxygens (including phenoxy) is 1. The van der Waals surface area contributed by atoms with E-state index in [0.717, 1.165) is 19.5 Å². The second-order valence-corrected chi connectivity index (χ2v) is 6.28. The van der Waals surface area contributed by atoms with Crippen molar-refractivity contribution in [2.24, 2.45) is 5.92 Å². The molecular weight excluding hydrogens is 286 g/mol. The quantitative estimate of drug-likeness (QED) is 0.812. The number of likely N-dealkylation sites (tertiary alicyclic amines) is 1. The summed E-state index contributed by atoms with van der Waals surface area (Å²) >= 11 is 0. The molecule has 23 heavy (non-hydrogen) atoms. The van der Waals surface area contributed by atoms with Crippen LogP contribution >= 0.6 is 0 Å². The zero-order chi connectivity index (χ0) is 16.2. The molecule has 0 saturated carbocycles. The molecule has 0 aliphatic carbocycles. The Balaban J connectivity index is 1.84. The van der Waals surface area contributed by atoms with E-state index in [0.29, 0.717) is 0 Å². The SMILES string of the molecule is COC(=O)C1CN(C)CC[C@@H]1c1ccc(-c2ccccc2)cc1. The van der Waals surface area contributed by atoms with Crippen LogP contribution in [0.1, 0.15) is 17.9 Å². The first-order valence-corrected chi connectivity index (χ1v) is 8.11. The minimum Gasteiger partial charge on any atom is -0.469 e. The van der Waals surface area contributed by atoms with Gasteiger partial charge in [-0.3, -0.25) is 4.79 Å². The van der Waals surface area contributed by atoms with Crippen LogP contribution in [0.5, 0.6) is 0 Å². The van der Waals surface area contributed by atoms with Crippen molar-refractivity contribution < 1.29 is 9.53 Å². The predicted molar refractivity (Wildman–Crippen MR) is 92.2 cm³/mol. The lowest BCUT2D eigenvalue weighted by Crippen LogP contribution is -2.41. The number of methoxy groups -OCH3 is 1. The van der Waals surface area contributed by atoms with E-state index in [4.69, 9.17) is 4.74 Å². The summed E-state index contributed by atoms with van der Waals surface area (Å²) in [5.74, 6) is 0.0542. The highest BCUT2D eigenvalue weighted by molar-refractivity contribution is 5.74. The van der Waals surface area contributed by atoms with E-state index >= 15 is 0 Å². The minimum absolute atomic E-state index is 0.0821. The van der Waals surface area contributed by atoms with Gasteiger partial charge in [0.15, 0.2) is 0 Å². The highest BCUT2D eigenvalue weighted by atomic mass is 16.5. The highest BCUT2D eigenvalue weighted by Crippen LogP contribution is 2.34. The van der Waals surface area contributed by atoms with Gasteiger partial charge in [-0.05, 0) is 42.6 Å². The number of esters is 1. The first-order chi connectivity index (χ1) is 11.2. The van der Waals surface area contributed by atoms with Crippen molar-refractivity contribution in [3.8, 4) is 11.1 Å². The summed E-state index contributed by atoms with van der Waals surface area (Å²) in [6, 6.07) is 19.0. The largest absolute Gasteiger partial charge is 0.469 e. The minimum atomic E-state index is -0.103. The summed E-state index contributed by atoms with van der Waals surface area (Å²) in [5, 5.41) is 0. The Labute approximate surface area is 137 Å². The summed E-state index contributed by atoms with van der Waals surface area (Å²) in [6.07, 6.45) is 0.987. The molecule has 120 valence electrons. The normalized spacial score (nSPS) is 21.8. The fourth-order valence-electron chi connectivity index (χ4n) is 3.46. The second-order valence-electron chi connectivity index (χ2n) is 6.28. The fourth-order valence-corrected chi connectivity index (χ4v) is 3.46. The van der Waals surface area contributed by atoms with Gasteiger partial charge in [0, 0.05) is 6.54 Å². The maximum Gasteiger partial charge on any atom is 0.310 e. The van der Waals surface area contributed by atoms with E-state index in [2.05, 4.69) is 48.3 Å². The summed E-state index contributed by atoms with van der Waals surface area (Å²) in [7, 11) is 3.54. The Hall–Kier alpha value is -2.13. The van der Waals surface area contributed by atoms with E-state index < -0.39 is 0 Å². The molecule has 0 N–H and O–H groups in total. The molecule has 3 rings (SSSR count). The number of rotatable bonds is 3. The third-order valence-corrected chi connectivity index (χ3v) is 4.77. The Morgan fingerprint density at radius 3 is 2.35 bits per heavy atom. The highest BCUT2D eigenvalue weighted by Gasteiger charge is 2.34. The molecule has 1 heterocycles. The van der Waals surface area contributed by atoms with Crippen molar-refractivity contribution in [2.45, 2.75) is 12.3 Å². The predicted octanol–water partition coefficient (Wildman–Crippen LogP) is 3.56. The van der Waals surface area contributed by atoms with Gasteiger partial charge in [0.2, 0.25) is 0 Å². The number of carbonyl (C=O) groups is 1. The van der Waals surface area contributed by atoms with Gasteiger partial charge >= 0.3 is 5.97 Å². The third-order valence-electron chi connectivity index (χ3n) is 4.77. The Morgan fingerprint density at radius 1 is 1.04 bits per heavy atom. The average Bonchev–Trinajstić information content (AvgIpc) is 2.62. The molecule has 1 aliphatic rings. The molecule has 2 aromatic carbocycles. The molecule has 1 saturated heterocycles. The number of nitrogens with zero attached hydrogens (tertiary/aromatic N) is 1. The monoisotopic (exact) mass is 309 g/mol. The third kappa shape index (κ3) is 3.45. The number of benzene rings is 2. The topological polar surface area (TPSA) is 29.5 Å². The molecule has 0 spiro atoms. The van der Waals surface area contributed by atoms with Crippen molar-refractivity contribution in [1.29, 1.82) is 0 Å². The molecule has 1 aliphatic heterocycles. The van der Waals surface area contributed by atoms with Crippen LogP contribution in [-0.2, 0) is 9.53 Å². The van der Waals surface area contributed by atoms with Gasteiger partial charge in [0.25, 0.3) is 0 Å². The van der Waals surface area contributed by atoms with Crippen molar-refractivity contribution in [3.05, 3.63) is 60.2 Å². The van der Waals surface area contributed by atoms with Crippen LogP contribution < -0.4 is 0 Å². The summed E-state index contributed by atoms with van der Waals surface area (Å²) in [6.45, 7) is 1.77. The number of piperidine rings is 1. The smallest absolute Gasteiger partial charge is 0.310 e. The van der Waals surface area contributed by atoms with Crippen LogP contribution in [0.2, 0.25) is 0 Å².